The van der Waals surface area contributed by atoms with E-state index in [-0.39, 0.29) is 5.54 Å². The summed E-state index contributed by atoms with van der Waals surface area (Å²) in [4.78, 5) is 9.76. The molecular weight excluding hydrogens is 404 g/mol. The Morgan fingerprint density at radius 3 is 2.06 bits per heavy atom. The van der Waals surface area contributed by atoms with Crippen molar-refractivity contribution in [2.45, 2.75) is 31.7 Å². The lowest BCUT2D eigenvalue weighted by molar-refractivity contribution is 0.253. The predicted molar refractivity (Wildman–Crippen MR) is 134 cm³/mol. The fraction of sp³-hybridized carbons (Fsp3) is 0.172. The largest absolute Gasteiger partial charge is 0.321 e. The van der Waals surface area contributed by atoms with Gasteiger partial charge >= 0.3 is 0 Å². The van der Waals surface area contributed by atoms with Gasteiger partial charge in [-0.1, -0.05) is 72.8 Å². The van der Waals surface area contributed by atoms with Gasteiger partial charge in [-0.3, -0.25) is 4.57 Å². The molecule has 0 atom stereocenters. The van der Waals surface area contributed by atoms with Crippen LogP contribution >= 0.6 is 0 Å². The maximum absolute atomic E-state index is 6.59. The van der Waals surface area contributed by atoms with Gasteiger partial charge in [0.1, 0.15) is 5.65 Å². The molecule has 1 fully saturated rings. The van der Waals surface area contributed by atoms with Gasteiger partial charge in [-0.15, -0.1) is 0 Å². The number of hydrogen-bond acceptors (Lipinski definition) is 3. The van der Waals surface area contributed by atoms with E-state index in [1.807, 2.05) is 42.6 Å². The first kappa shape index (κ1) is 19.9. The summed E-state index contributed by atoms with van der Waals surface area (Å²) in [5.74, 6) is 0.730. The molecule has 5 aromatic rings. The van der Waals surface area contributed by atoms with Crippen molar-refractivity contribution in [3.8, 4) is 28.3 Å². The van der Waals surface area contributed by atoms with Crippen LogP contribution in [0, 0.1) is 6.92 Å². The smallest absolute Gasteiger partial charge is 0.161 e. The molecule has 3 aromatic carbocycles. The Morgan fingerprint density at radius 2 is 1.45 bits per heavy atom. The minimum absolute atomic E-state index is 0.169. The molecule has 0 aliphatic heterocycles. The third kappa shape index (κ3) is 3.26. The van der Waals surface area contributed by atoms with Gasteiger partial charge in [0.2, 0.25) is 0 Å². The summed E-state index contributed by atoms with van der Waals surface area (Å²) in [5.41, 5.74) is 14.1. The first-order valence-electron chi connectivity index (χ1n) is 11.5. The van der Waals surface area contributed by atoms with Crippen LogP contribution in [0.3, 0.4) is 0 Å². The number of rotatable bonds is 4. The van der Waals surface area contributed by atoms with Gasteiger partial charge < -0.3 is 5.73 Å². The number of nitrogens with zero attached hydrogens (tertiary/aromatic N) is 3. The third-order valence-electron chi connectivity index (χ3n) is 6.99. The first-order chi connectivity index (χ1) is 16.1. The van der Waals surface area contributed by atoms with E-state index in [1.54, 1.807) is 0 Å². The molecule has 2 N–H and O–H groups in total. The van der Waals surface area contributed by atoms with Crippen molar-refractivity contribution in [3.05, 3.63) is 102 Å². The molecular formula is C29H26N4. The topological polar surface area (TPSA) is 56.7 Å². The summed E-state index contributed by atoms with van der Waals surface area (Å²) in [6, 6.07) is 29.4. The Hall–Kier alpha value is -3.76. The number of nitrogens with two attached hydrogens (primary N) is 1. The Balaban J connectivity index is 1.59. The summed E-state index contributed by atoms with van der Waals surface area (Å²) in [6.45, 7) is 2.16. The summed E-state index contributed by atoms with van der Waals surface area (Å²) < 4.78 is 2.27. The molecule has 33 heavy (non-hydrogen) atoms. The average molecular weight is 431 g/mol. The van der Waals surface area contributed by atoms with Crippen molar-refractivity contribution in [1.29, 1.82) is 0 Å². The van der Waals surface area contributed by atoms with Crippen LogP contribution in [-0.2, 0) is 5.54 Å². The van der Waals surface area contributed by atoms with Crippen molar-refractivity contribution < 1.29 is 0 Å². The Morgan fingerprint density at radius 1 is 0.818 bits per heavy atom. The van der Waals surface area contributed by atoms with Crippen LogP contribution in [0.2, 0.25) is 0 Å². The summed E-state index contributed by atoms with van der Waals surface area (Å²) in [7, 11) is 0. The van der Waals surface area contributed by atoms with Crippen molar-refractivity contribution in [2.75, 3.05) is 0 Å². The zero-order chi connectivity index (χ0) is 22.4. The molecule has 0 spiro atoms. The monoisotopic (exact) mass is 430 g/mol. The lowest BCUT2D eigenvalue weighted by Gasteiger charge is -2.38. The molecule has 0 bridgehead atoms. The lowest BCUT2D eigenvalue weighted by Crippen LogP contribution is -2.43. The van der Waals surface area contributed by atoms with Crippen LogP contribution in [0.25, 0.3) is 39.4 Å². The second-order valence-electron chi connectivity index (χ2n) is 9.03. The van der Waals surface area contributed by atoms with E-state index in [9.17, 15) is 0 Å². The van der Waals surface area contributed by atoms with Crippen LogP contribution in [-0.4, -0.2) is 14.5 Å². The van der Waals surface area contributed by atoms with Gasteiger partial charge in [-0.05, 0) is 55.0 Å². The molecule has 1 aliphatic carbocycles. The SMILES string of the molecule is Cc1c(-c2ccccc2)n(-c2ccc(C3(N)CCC3)cc2)c2nc(-c3ccccc3)ncc12. The van der Waals surface area contributed by atoms with E-state index in [0.29, 0.717) is 0 Å². The summed E-state index contributed by atoms with van der Waals surface area (Å²) >= 11 is 0. The van der Waals surface area contributed by atoms with Crippen molar-refractivity contribution in [1.82, 2.24) is 14.5 Å². The first-order valence-corrected chi connectivity index (χ1v) is 11.5. The molecule has 1 aliphatic rings. The zero-order valence-electron chi connectivity index (χ0n) is 18.7. The van der Waals surface area contributed by atoms with E-state index in [2.05, 4.69) is 60.0 Å². The normalized spacial score (nSPS) is 14.8. The third-order valence-corrected chi connectivity index (χ3v) is 6.99. The van der Waals surface area contributed by atoms with Gasteiger partial charge in [0.25, 0.3) is 0 Å². The molecule has 0 unspecified atom stereocenters. The second kappa shape index (κ2) is 7.68. The predicted octanol–water partition coefficient (Wildman–Crippen LogP) is 6.40. The number of aromatic nitrogens is 3. The fourth-order valence-electron chi connectivity index (χ4n) is 4.92. The number of benzene rings is 3. The summed E-state index contributed by atoms with van der Waals surface area (Å²) in [5, 5.41) is 1.06. The van der Waals surface area contributed by atoms with Gasteiger partial charge in [0.05, 0.1) is 5.69 Å². The number of fused-ring (bicyclic) bond motifs is 1. The highest BCUT2D eigenvalue weighted by Crippen LogP contribution is 2.40. The molecule has 162 valence electrons. The van der Waals surface area contributed by atoms with Crippen LogP contribution in [0.1, 0.15) is 30.4 Å². The van der Waals surface area contributed by atoms with Crippen LogP contribution in [0.15, 0.2) is 91.1 Å². The summed E-state index contributed by atoms with van der Waals surface area (Å²) in [6.07, 6.45) is 5.28. The molecule has 0 saturated heterocycles. The van der Waals surface area contributed by atoms with Gasteiger partial charge in [-0.25, -0.2) is 9.97 Å². The van der Waals surface area contributed by atoms with Crippen LogP contribution < -0.4 is 5.73 Å². The van der Waals surface area contributed by atoms with Crippen molar-refractivity contribution in [2.24, 2.45) is 5.73 Å². The Kier molecular flexibility index (Phi) is 4.63. The average Bonchev–Trinajstić information content (AvgIpc) is 3.15. The van der Waals surface area contributed by atoms with Crippen molar-refractivity contribution >= 4 is 11.0 Å². The second-order valence-corrected chi connectivity index (χ2v) is 9.03. The lowest BCUT2D eigenvalue weighted by atomic mass is 9.73. The van der Waals surface area contributed by atoms with Crippen LogP contribution in [0.4, 0.5) is 0 Å². The maximum Gasteiger partial charge on any atom is 0.161 e. The van der Waals surface area contributed by atoms with Gasteiger partial charge in [-0.2, -0.15) is 0 Å². The molecule has 4 heteroatoms. The quantitative estimate of drug-likeness (QED) is 0.359. The zero-order valence-corrected chi connectivity index (χ0v) is 18.7. The number of aryl methyl sites for hydroxylation is 1. The molecule has 0 amide bonds. The molecule has 2 heterocycles. The molecule has 1 saturated carbocycles. The molecule has 0 radical (unpaired) electrons. The minimum atomic E-state index is -0.169. The highest BCUT2D eigenvalue weighted by molar-refractivity contribution is 5.91. The van der Waals surface area contributed by atoms with Crippen LogP contribution in [0.5, 0.6) is 0 Å². The molecule has 2 aromatic heterocycles. The van der Waals surface area contributed by atoms with Gasteiger partial charge in [0.15, 0.2) is 5.82 Å². The van der Waals surface area contributed by atoms with E-state index < -0.39 is 0 Å². The standard InChI is InChI=1S/C29H26N4/c1-20-25-19-31-27(22-11-6-3-7-12-22)32-28(25)33(26(20)21-9-4-2-5-10-21)24-15-13-23(14-16-24)29(30)17-8-18-29/h2-7,9-16,19H,8,17-18,30H2,1H3. The van der Waals surface area contributed by atoms with E-state index in [0.717, 1.165) is 52.2 Å². The van der Waals surface area contributed by atoms with E-state index in [1.165, 1.54) is 17.5 Å². The highest BCUT2D eigenvalue weighted by Gasteiger charge is 2.34. The van der Waals surface area contributed by atoms with E-state index >= 15 is 0 Å². The van der Waals surface area contributed by atoms with E-state index in [4.69, 9.17) is 15.7 Å². The molecule has 4 nitrogen and oxygen atoms in total. The van der Waals surface area contributed by atoms with Crippen molar-refractivity contribution in [3.63, 3.8) is 0 Å². The highest BCUT2D eigenvalue weighted by atomic mass is 15.1. The number of hydrogen-bond donors (Lipinski definition) is 1. The Bertz CT molecular complexity index is 1430. The Labute approximate surface area is 193 Å². The maximum atomic E-state index is 6.59. The fourth-order valence-corrected chi connectivity index (χ4v) is 4.92. The van der Waals surface area contributed by atoms with Gasteiger partial charge in [0, 0.05) is 28.4 Å². The molecule has 6 rings (SSSR count). The minimum Gasteiger partial charge on any atom is -0.321 e.